The van der Waals surface area contributed by atoms with Crippen molar-refractivity contribution >= 4 is 29.1 Å². The standard InChI is InChI=1S/C11H17N3O2S/c1-7(8(12)17)6-14-9(15)11(13-10(14)16)4-2-3-5-11/h7H,2-6H2,1H3,(H2,12,17)(H,13,16). The number of thiocarbonyl (C=S) groups is 1. The number of carbonyl (C=O) groups excluding carboxylic acids is 2. The van der Waals surface area contributed by atoms with Crippen LogP contribution in [-0.4, -0.2) is 33.9 Å². The van der Waals surface area contributed by atoms with E-state index in [1.54, 1.807) is 0 Å². The Hall–Kier alpha value is -1.17. The number of rotatable bonds is 3. The maximum absolute atomic E-state index is 12.3. The molecule has 0 aromatic heterocycles. The van der Waals surface area contributed by atoms with Crippen molar-refractivity contribution < 1.29 is 9.59 Å². The fourth-order valence-corrected chi connectivity index (χ4v) is 2.60. The van der Waals surface area contributed by atoms with Gasteiger partial charge in [0.15, 0.2) is 0 Å². The quantitative estimate of drug-likeness (QED) is 0.577. The predicted molar refractivity (Wildman–Crippen MR) is 67.4 cm³/mol. The molecule has 6 heteroatoms. The van der Waals surface area contributed by atoms with Gasteiger partial charge in [-0.2, -0.15) is 0 Å². The van der Waals surface area contributed by atoms with Crippen LogP contribution in [0.1, 0.15) is 32.6 Å². The van der Waals surface area contributed by atoms with Gasteiger partial charge in [0.25, 0.3) is 5.91 Å². The van der Waals surface area contributed by atoms with Crippen molar-refractivity contribution in [2.75, 3.05) is 6.54 Å². The SMILES string of the molecule is CC(CN1C(=O)NC2(CCCC2)C1=O)C(N)=S. The first kappa shape index (κ1) is 12.3. The molecule has 1 unspecified atom stereocenters. The highest BCUT2D eigenvalue weighted by atomic mass is 32.1. The van der Waals surface area contributed by atoms with Crippen molar-refractivity contribution in [3.05, 3.63) is 0 Å². The van der Waals surface area contributed by atoms with E-state index in [9.17, 15) is 9.59 Å². The Balaban J connectivity index is 2.11. The van der Waals surface area contributed by atoms with Gasteiger partial charge in [-0.1, -0.05) is 32.0 Å². The van der Waals surface area contributed by atoms with Gasteiger partial charge in [-0.05, 0) is 12.8 Å². The average molecular weight is 255 g/mol. The van der Waals surface area contributed by atoms with Crippen molar-refractivity contribution in [3.8, 4) is 0 Å². The number of hydrogen-bond donors (Lipinski definition) is 2. The molecule has 0 radical (unpaired) electrons. The van der Waals surface area contributed by atoms with Crippen LogP contribution in [0, 0.1) is 5.92 Å². The molecule has 0 bridgehead atoms. The molecule has 5 nitrogen and oxygen atoms in total. The normalized spacial score (nSPS) is 24.2. The molecule has 0 aromatic carbocycles. The smallest absolute Gasteiger partial charge is 0.325 e. The van der Waals surface area contributed by atoms with Crippen molar-refractivity contribution in [1.82, 2.24) is 10.2 Å². The monoisotopic (exact) mass is 255 g/mol. The lowest BCUT2D eigenvalue weighted by Crippen LogP contribution is -2.44. The Labute approximate surface area is 106 Å². The summed E-state index contributed by atoms with van der Waals surface area (Å²) in [6.07, 6.45) is 3.47. The second-order valence-corrected chi connectivity index (χ2v) is 5.41. The zero-order chi connectivity index (χ0) is 12.6. The second-order valence-electron chi connectivity index (χ2n) is 4.94. The maximum Gasteiger partial charge on any atom is 0.325 e. The highest BCUT2D eigenvalue weighted by Gasteiger charge is 2.52. The zero-order valence-corrected chi connectivity index (χ0v) is 10.7. The van der Waals surface area contributed by atoms with Crippen molar-refractivity contribution in [2.24, 2.45) is 11.7 Å². The Kier molecular flexibility index (Phi) is 3.07. The number of urea groups is 1. The summed E-state index contributed by atoms with van der Waals surface area (Å²) in [7, 11) is 0. The van der Waals surface area contributed by atoms with Crippen LogP contribution < -0.4 is 11.1 Å². The molecule has 2 aliphatic rings. The lowest BCUT2D eigenvalue weighted by Gasteiger charge is -2.21. The Morgan fingerprint density at radius 2 is 2.12 bits per heavy atom. The molecule has 1 aliphatic heterocycles. The third-order valence-corrected chi connectivity index (χ3v) is 4.05. The highest BCUT2D eigenvalue weighted by Crippen LogP contribution is 2.35. The van der Waals surface area contributed by atoms with Gasteiger partial charge in [-0.25, -0.2) is 4.79 Å². The topological polar surface area (TPSA) is 75.4 Å². The van der Waals surface area contributed by atoms with Gasteiger partial charge in [-0.15, -0.1) is 0 Å². The lowest BCUT2D eigenvalue weighted by atomic mass is 9.98. The lowest BCUT2D eigenvalue weighted by molar-refractivity contribution is -0.131. The van der Waals surface area contributed by atoms with Gasteiger partial charge in [-0.3, -0.25) is 9.69 Å². The van der Waals surface area contributed by atoms with E-state index in [1.165, 1.54) is 4.90 Å². The largest absolute Gasteiger partial charge is 0.393 e. The molecule has 1 spiro atoms. The second kappa shape index (κ2) is 4.25. The fourth-order valence-electron chi connectivity index (χ4n) is 2.52. The summed E-state index contributed by atoms with van der Waals surface area (Å²) in [4.78, 5) is 25.7. The number of imide groups is 1. The van der Waals surface area contributed by atoms with Gasteiger partial charge >= 0.3 is 6.03 Å². The van der Waals surface area contributed by atoms with E-state index in [2.05, 4.69) is 5.32 Å². The third-order valence-electron chi connectivity index (χ3n) is 3.65. The van der Waals surface area contributed by atoms with E-state index in [0.717, 1.165) is 25.7 Å². The van der Waals surface area contributed by atoms with Crippen LogP contribution in [-0.2, 0) is 4.79 Å². The van der Waals surface area contributed by atoms with Gasteiger partial charge < -0.3 is 11.1 Å². The van der Waals surface area contributed by atoms with E-state index in [0.29, 0.717) is 4.99 Å². The number of nitrogens with one attached hydrogen (secondary N) is 1. The predicted octanol–water partition coefficient (Wildman–Crippen LogP) is 0.773. The van der Waals surface area contributed by atoms with E-state index < -0.39 is 5.54 Å². The van der Waals surface area contributed by atoms with Crippen LogP contribution in [0.25, 0.3) is 0 Å². The Morgan fingerprint density at radius 1 is 1.53 bits per heavy atom. The van der Waals surface area contributed by atoms with Crippen molar-refractivity contribution in [3.63, 3.8) is 0 Å². The minimum absolute atomic E-state index is 0.108. The maximum atomic E-state index is 12.3. The van der Waals surface area contributed by atoms with E-state index in [1.807, 2.05) is 6.92 Å². The Bertz CT molecular complexity index is 377. The van der Waals surface area contributed by atoms with Crippen LogP contribution in [0.2, 0.25) is 0 Å². The number of carbonyl (C=O) groups is 2. The summed E-state index contributed by atoms with van der Waals surface area (Å²) in [5, 5.41) is 2.83. The first-order valence-corrected chi connectivity index (χ1v) is 6.30. The third kappa shape index (κ3) is 2.01. The molecule has 17 heavy (non-hydrogen) atoms. The molecule has 1 saturated carbocycles. The Morgan fingerprint density at radius 3 is 2.65 bits per heavy atom. The number of nitrogens with zero attached hydrogens (tertiary/aromatic N) is 1. The molecule has 2 rings (SSSR count). The molecule has 0 aromatic rings. The van der Waals surface area contributed by atoms with Crippen molar-refractivity contribution in [2.45, 2.75) is 38.1 Å². The van der Waals surface area contributed by atoms with Gasteiger partial charge in [0.05, 0.1) is 4.99 Å². The summed E-state index contributed by atoms with van der Waals surface area (Å²) in [6.45, 7) is 2.10. The average Bonchev–Trinajstić information content (AvgIpc) is 2.81. The first-order chi connectivity index (χ1) is 7.96. The molecule has 3 N–H and O–H groups in total. The van der Waals surface area contributed by atoms with Crippen LogP contribution in [0.5, 0.6) is 0 Å². The minimum atomic E-state index is -0.632. The minimum Gasteiger partial charge on any atom is -0.393 e. The molecular formula is C11H17N3O2S. The van der Waals surface area contributed by atoms with Crippen molar-refractivity contribution in [1.29, 1.82) is 0 Å². The van der Waals surface area contributed by atoms with E-state index >= 15 is 0 Å². The number of amides is 3. The fraction of sp³-hybridized carbons (Fsp3) is 0.727. The van der Waals surface area contributed by atoms with E-state index in [4.69, 9.17) is 18.0 Å². The summed E-state index contributed by atoms with van der Waals surface area (Å²) in [5.41, 5.74) is 4.88. The molecule has 1 saturated heterocycles. The molecule has 1 atom stereocenters. The van der Waals surface area contributed by atoms with Gasteiger partial charge in [0.2, 0.25) is 0 Å². The van der Waals surface area contributed by atoms with Crippen LogP contribution in [0.15, 0.2) is 0 Å². The molecule has 2 fully saturated rings. The van der Waals surface area contributed by atoms with Gasteiger partial charge in [0.1, 0.15) is 5.54 Å². The summed E-state index contributed by atoms with van der Waals surface area (Å²) >= 11 is 4.86. The zero-order valence-electron chi connectivity index (χ0n) is 9.86. The molecule has 1 heterocycles. The molecule has 94 valence electrons. The van der Waals surface area contributed by atoms with Gasteiger partial charge in [0, 0.05) is 12.5 Å². The number of nitrogens with two attached hydrogens (primary N) is 1. The molecule has 3 amide bonds. The number of hydrogen-bond acceptors (Lipinski definition) is 3. The van der Waals surface area contributed by atoms with Crippen LogP contribution in [0.3, 0.4) is 0 Å². The first-order valence-electron chi connectivity index (χ1n) is 5.90. The van der Waals surface area contributed by atoms with Crippen LogP contribution in [0.4, 0.5) is 4.79 Å². The molecular weight excluding hydrogens is 238 g/mol. The summed E-state index contributed by atoms with van der Waals surface area (Å²) in [6, 6.07) is -0.306. The van der Waals surface area contributed by atoms with E-state index in [-0.39, 0.29) is 24.4 Å². The summed E-state index contributed by atoms with van der Waals surface area (Å²) in [5.74, 6) is -0.251. The highest BCUT2D eigenvalue weighted by molar-refractivity contribution is 7.80. The summed E-state index contributed by atoms with van der Waals surface area (Å²) < 4.78 is 0. The van der Waals surface area contributed by atoms with Crippen LogP contribution >= 0.6 is 12.2 Å². The molecule has 1 aliphatic carbocycles.